The zero-order valence-electron chi connectivity index (χ0n) is 5.39. The molecule has 0 aromatic rings. The fourth-order valence-corrected chi connectivity index (χ4v) is 0. The average molecular weight is 78.1 g/mol. The van der Waals surface area contributed by atoms with Crippen LogP contribution < -0.4 is 5.73 Å². The number of nitrogens with two attached hydrogens (primary N) is 1. The molecular formula is C2H5NO2. The van der Waals surface area contributed by atoms with Crippen LogP contribution >= 0.6 is 0 Å². The summed E-state index contributed by atoms with van der Waals surface area (Å²) in [5.41, 5.74) is 4.36. The summed E-state index contributed by atoms with van der Waals surface area (Å²) in [7, 11) is -2.70. The zero-order chi connectivity index (χ0) is 6.78. The molecule has 0 aliphatic rings. The van der Waals surface area contributed by atoms with Gasteiger partial charge in [0.1, 0.15) is 0 Å². The number of rotatable bonds is 0. The number of carbonyl (C=O) groups is 1. The van der Waals surface area contributed by atoms with Crippen molar-refractivity contribution in [3.63, 3.8) is 0 Å². The molecule has 2 N–H and O–H groups in total. The minimum absolute atomic E-state index is 1.29. The summed E-state index contributed by atoms with van der Waals surface area (Å²) < 4.78 is 22.4. The van der Waals surface area contributed by atoms with Crippen molar-refractivity contribution in [2.24, 2.45) is 5.73 Å². The van der Waals surface area contributed by atoms with E-state index in [1.54, 1.807) is 0 Å². The van der Waals surface area contributed by atoms with Crippen molar-refractivity contribution in [2.45, 2.75) is 0 Å². The van der Waals surface area contributed by atoms with Crippen molar-refractivity contribution in [1.82, 2.24) is 0 Å². The number of primary amides is 1. The maximum absolute atomic E-state index is 9.65. The van der Waals surface area contributed by atoms with Crippen LogP contribution in [0.3, 0.4) is 0 Å². The van der Waals surface area contributed by atoms with Crippen molar-refractivity contribution in [3.8, 4) is 0 Å². The van der Waals surface area contributed by atoms with Gasteiger partial charge in [0.05, 0.1) is 11.2 Å². The Labute approximate surface area is 33.9 Å². The Kier molecular flexibility index (Phi) is 0.366. The summed E-state index contributed by atoms with van der Waals surface area (Å²) >= 11 is 0. The molecule has 0 aromatic heterocycles. The first-order valence-corrected chi connectivity index (χ1v) is 0.901. The lowest BCUT2D eigenvalue weighted by atomic mass is 11.3. The lowest BCUT2D eigenvalue weighted by Crippen LogP contribution is -2.08. The summed E-state index contributed by atoms with van der Waals surface area (Å²) in [6.07, 6.45) is -1.29. The average Bonchev–Trinajstić information content (AvgIpc) is 1.21. The van der Waals surface area contributed by atoms with Crippen molar-refractivity contribution in [1.29, 1.82) is 0 Å². The van der Waals surface area contributed by atoms with Gasteiger partial charge in [0.15, 0.2) is 0 Å². The van der Waals surface area contributed by atoms with Crippen LogP contribution in [0.4, 0.5) is 4.79 Å². The van der Waals surface area contributed by atoms with Crippen molar-refractivity contribution >= 4 is 6.09 Å². The largest absolute Gasteiger partial charge is 0.453 e. The van der Waals surface area contributed by atoms with E-state index in [1.807, 2.05) is 0 Å². The second-order valence-electron chi connectivity index (χ2n) is 0.421. The Balaban J connectivity index is 3.55. The number of hydrogen-bond acceptors (Lipinski definition) is 2. The molecule has 30 valence electrons. The number of ether oxygens (including phenoxy) is 1. The molecule has 0 atom stereocenters. The SMILES string of the molecule is [2H]C([2H])([2H])OC(N)=O. The fourth-order valence-electron chi connectivity index (χ4n) is 0. The van der Waals surface area contributed by atoms with Gasteiger partial charge in [-0.3, -0.25) is 0 Å². The van der Waals surface area contributed by atoms with Crippen LogP contribution in [0.1, 0.15) is 4.11 Å². The molecule has 0 unspecified atom stereocenters. The fraction of sp³-hybridized carbons (Fsp3) is 0.500. The smallest absolute Gasteiger partial charge is 0.404 e. The first-order valence-electron chi connectivity index (χ1n) is 2.40. The second kappa shape index (κ2) is 1.58. The van der Waals surface area contributed by atoms with E-state index in [0.29, 0.717) is 0 Å². The van der Waals surface area contributed by atoms with E-state index in [4.69, 9.17) is 4.11 Å². The maximum Gasteiger partial charge on any atom is 0.404 e. The molecule has 1 amide bonds. The molecular weight excluding hydrogens is 70.0 g/mol. The standard InChI is InChI=1S/C2H5NO2/c1-5-2(3)4/h1H3,(H2,3,4)/i1D3. The topological polar surface area (TPSA) is 52.3 Å². The van der Waals surface area contributed by atoms with Crippen LogP contribution in [0.15, 0.2) is 0 Å². The Morgan fingerprint density at radius 1 is 2.40 bits per heavy atom. The van der Waals surface area contributed by atoms with E-state index in [9.17, 15) is 4.79 Å². The maximum atomic E-state index is 9.65. The second-order valence-corrected chi connectivity index (χ2v) is 0.421. The first-order chi connectivity index (χ1) is 3.42. The van der Waals surface area contributed by atoms with Gasteiger partial charge < -0.3 is 10.5 Å². The lowest BCUT2D eigenvalue weighted by molar-refractivity contribution is 0.182. The Morgan fingerprint density at radius 2 is 3.00 bits per heavy atom. The molecule has 0 heterocycles. The molecule has 3 heteroatoms. The molecule has 5 heavy (non-hydrogen) atoms. The molecule has 0 bridgehead atoms. The van der Waals surface area contributed by atoms with Gasteiger partial charge >= 0.3 is 6.09 Å². The summed E-state index contributed by atoms with van der Waals surface area (Å²) in [6, 6.07) is 0. The monoisotopic (exact) mass is 78.1 g/mol. The van der Waals surface area contributed by atoms with Crippen molar-refractivity contribution in [3.05, 3.63) is 0 Å². The Bertz CT molecular complexity index is 97.9. The van der Waals surface area contributed by atoms with Crippen LogP contribution in [0.25, 0.3) is 0 Å². The highest BCUT2D eigenvalue weighted by Crippen LogP contribution is 1.55. The van der Waals surface area contributed by atoms with Gasteiger partial charge in [0.2, 0.25) is 0 Å². The predicted octanol–water partition coefficient (Wildman–Crippen LogP) is -0.288. The van der Waals surface area contributed by atoms with E-state index in [-0.39, 0.29) is 0 Å². The predicted molar refractivity (Wildman–Crippen MR) is 16.6 cm³/mol. The van der Waals surface area contributed by atoms with Crippen LogP contribution in [-0.4, -0.2) is 13.1 Å². The van der Waals surface area contributed by atoms with E-state index < -0.39 is 13.1 Å². The number of hydrogen-bond donors (Lipinski definition) is 1. The third-order valence-electron chi connectivity index (χ3n) is 0.101. The highest BCUT2D eigenvalue weighted by Gasteiger charge is 1.76. The number of amides is 1. The van der Waals surface area contributed by atoms with Gasteiger partial charge in [-0.15, -0.1) is 0 Å². The van der Waals surface area contributed by atoms with Gasteiger partial charge in [-0.05, 0) is 0 Å². The van der Waals surface area contributed by atoms with E-state index in [2.05, 4.69) is 10.5 Å². The van der Waals surface area contributed by atoms with Crippen molar-refractivity contribution in [2.75, 3.05) is 7.04 Å². The molecule has 0 fully saturated rings. The zero-order valence-corrected chi connectivity index (χ0v) is 2.39. The molecule has 0 aliphatic heterocycles. The van der Waals surface area contributed by atoms with Crippen molar-refractivity contribution < 1.29 is 13.6 Å². The lowest BCUT2D eigenvalue weighted by Gasteiger charge is -1.81. The number of methoxy groups -OCH3 is 1. The molecule has 0 aliphatic carbocycles. The van der Waals surface area contributed by atoms with Gasteiger partial charge in [-0.1, -0.05) is 0 Å². The minimum Gasteiger partial charge on any atom is -0.453 e. The first kappa shape index (κ1) is 1.16. The van der Waals surface area contributed by atoms with Crippen LogP contribution in [0.5, 0.6) is 0 Å². The summed E-state index contributed by atoms with van der Waals surface area (Å²) in [5, 5.41) is 0. The quantitative estimate of drug-likeness (QED) is 0.433. The highest BCUT2D eigenvalue weighted by atomic mass is 16.5. The van der Waals surface area contributed by atoms with Gasteiger partial charge in [-0.25, -0.2) is 4.79 Å². The molecule has 0 spiro atoms. The van der Waals surface area contributed by atoms with E-state index in [1.165, 1.54) is 0 Å². The third-order valence-corrected chi connectivity index (χ3v) is 0.101. The molecule has 0 saturated heterocycles. The van der Waals surface area contributed by atoms with Gasteiger partial charge in [-0.2, -0.15) is 0 Å². The number of carbonyl (C=O) groups excluding carboxylic acids is 1. The molecule has 0 rings (SSSR count). The third kappa shape index (κ3) is 3.27. The highest BCUT2D eigenvalue weighted by molar-refractivity contribution is 5.64. The Morgan fingerprint density at radius 3 is 3.00 bits per heavy atom. The van der Waals surface area contributed by atoms with Gasteiger partial charge in [0, 0.05) is 0 Å². The molecule has 3 nitrogen and oxygen atoms in total. The van der Waals surface area contributed by atoms with Crippen LogP contribution in [-0.2, 0) is 4.74 Å². The summed E-state index contributed by atoms with van der Waals surface area (Å²) in [4.78, 5) is 9.65. The van der Waals surface area contributed by atoms with E-state index in [0.717, 1.165) is 0 Å². The molecule has 0 saturated carbocycles. The van der Waals surface area contributed by atoms with E-state index >= 15 is 0 Å². The minimum atomic E-state index is -2.70. The normalized spacial score (nSPS) is 18.0. The van der Waals surface area contributed by atoms with Crippen LogP contribution in [0, 0.1) is 0 Å². The van der Waals surface area contributed by atoms with Crippen LogP contribution in [0.2, 0.25) is 0 Å². The molecule has 0 aromatic carbocycles. The summed E-state index contributed by atoms with van der Waals surface area (Å²) in [6.45, 7) is 0. The Hall–Kier alpha value is -0.730. The summed E-state index contributed by atoms with van der Waals surface area (Å²) in [5.74, 6) is 0. The van der Waals surface area contributed by atoms with Gasteiger partial charge in [0.25, 0.3) is 0 Å². The molecule has 0 radical (unpaired) electrons.